The van der Waals surface area contributed by atoms with Gasteiger partial charge in [0.2, 0.25) is 0 Å². The third kappa shape index (κ3) is 8.87. The molecule has 0 amide bonds. The van der Waals surface area contributed by atoms with Crippen LogP contribution in [0.4, 0.5) is 4.39 Å². The van der Waals surface area contributed by atoms with Gasteiger partial charge in [0.05, 0.1) is 6.61 Å². The average molecular weight is 409 g/mol. The van der Waals surface area contributed by atoms with Crippen LogP contribution in [0, 0.1) is 5.82 Å². The Morgan fingerprint density at radius 1 is 1.43 bits per heavy atom. The topological polar surface area (TPSA) is 45.7 Å². The van der Waals surface area contributed by atoms with Crippen molar-refractivity contribution in [2.45, 2.75) is 26.3 Å². The second kappa shape index (κ2) is 11.7. The minimum absolute atomic E-state index is 0. The first-order valence-corrected chi connectivity index (χ1v) is 6.94. The highest BCUT2D eigenvalue weighted by Gasteiger charge is 2.04. The van der Waals surface area contributed by atoms with Gasteiger partial charge in [0, 0.05) is 26.2 Å². The standard InChI is InChI=1S/C15H24FN3O.HI/c1-4-17-15(19-12(2)11-20-3)18-9-8-13-6-5-7-14(16)10-13;/h5-7,10,12H,4,8-9,11H2,1-3H3,(H2,17,18,19);1H. The van der Waals surface area contributed by atoms with Crippen LogP contribution < -0.4 is 10.6 Å². The number of hydrogen-bond acceptors (Lipinski definition) is 2. The minimum Gasteiger partial charge on any atom is -0.383 e. The summed E-state index contributed by atoms with van der Waals surface area (Å²) in [6.07, 6.45) is 0.715. The second-order valence-corrected chi connectivity index (χ2v) is 4.64. The predicted octanol–water partition coefficient (Wildman–Crippen LogP) is 2.58. The molecule has 0 spiro atoms. The molecule has 0 aliphatic carbocycles. The molecular weight excluding hydrogens is 384 g/mol. The Balaban J connectivity index is 0.00000400. The number of rotatable bonds is 7. The van der Waals surface area contributed by atoms with Crippen LogP contribution in [0.15, 0.2) is 29.3 Å². The highest BCUT2D eigenvalue weighted by molar-refractivity contribution is 14.0. The number of benzene rings is 1. The normalized spacial score (nSPS) is 12.5. The molecular formula is C15H25FIN3O. The molecule has 0 radical (unpaired) electrons. The maximum absolute atomic E-state index is 13.1. The lowest BCUT2D eigenvalue weighted by Gasteiger charge is -2.16. The van der Waals surface area contributed by atoms with Gasteiger partial charge < -0.3 is 15.4 Å². The number of guanidine groups is 1. The van der Waals surface area contributed by atoms with Crippen LogP contribution in [0.3, 0.4) is 0 Å². The molecule has 1 rings (SSSR count). The van der Waals surface area contributed by atoms with Gasteiger partial charge in [-0.2, -0.15) is 0 Å². The molecule has 4 nitrogen and oxygen atoms in total. The smallest absolute Gasteiger partial charge is 0.191 e. The van der Waals surface area contributed by atoms with Gasteiger partial charge >= 0.3 is 0 Å². The molecule has 0 saturated carbocycles. The molecule has 0 aliphatic heterocycles. The number of ether oxygens (including phenoxy) is 1. The van der Waals surface area contributed by atoms with Crippen molar-refractivity contribution < 1.29 is 9.13 Å². The van der Waals surface area contributed by atoms with Crippen molar-refractivity contribution in [3.8, 4) is 0 Å². The summed E-state index contributed by atoms with van der Waals surface area (Å²) in [5, 5.41) is 6.44. The van der Waals surface area contributed by atoms with E-state index in [1.165, 1.54) is 6.07 Å². The summed E-state index contributed by atoms with van der Waals surface area (Å²) in [5.74, 6) is 0.554. The molecule has 1 aromatic carbocycles. The Morgan fingerprint density at radius 3 is 2.81 bits per heavy atom. The van der Waals surface area contributed by atoms with Crippen molar-refractivity contribution in [2.24, 2.45) is 4.99 Å². The zero-order chi connectivity index (χ0) is 14.8. The van der Waals surface area contributed by atoms with E-state index in [2.05, 4.69) is 15.6 Å². The van der Waals surface area contributed by atoms with E-state index in [-0.39, 0.29) is 35.8 Å². The maximum Gasteiger partial charge on any atom is 0.191 e. The number of hydrogen-bond donors (Lipinski definition) is 2. The lowest BCUT2D eigenvalue weighted by atomic mass is 10.1. The van der Waals surface area contributed by atoms with Gasteiger partial charge in [-0.1, -0.05) is 12.1 Å². The van der Waals surface area contributed by atoms with Crippen LogP contribution >= 0.6 is 24.0 Å². The van der Waals surface area contributed by atoms with E-state index < -0.39 is 0 Å². The lowest BCUT2D eigenvalue weighted by molar-refractivity contribution is 0.179. The Hall–Kier alpha value is -0.890. The minimum atomic E-state index is -0.203. The highest BCUT2D eigenvalue weighted by atomic mass is 127. The van der Waals surface area contributed by atoms with Gasteiger partial charge in [0.15, 0.2) is 5.96 Å². The Labute approximate surface area is 143 Å². The second-order valence-electron chi connectivity index (χ2n) is 4.64. The molecule has 2 N–H and O–H groups in total. The monoisotopic (exact) mass is 409 g/mol. The molecule has 0 saturated heterocycles. The molecule has 120 valence electrons. The fourth-order valence-corrected chi connectivity index (χ4v) is 1.83. The fraction of sp³-hybridized carbons (Fsp3) is 0.533. The summed E-state index contributed by atoms with van der Waals surface area (Å²) in [5.41, 5.74) is 0.953. The molecule has 0 fully saturated rings. The molecule has 0 aliphatic rings. The summed E-state index contributed by atoms with van der Waals surface area (Å²) in [6, 6.07) is 6.81. The molecule has 21 heavy (non-hydrogen) atoms. The van der Waals surface area contributed by atoms with E-state index in [0.717, 1.165) is 18.1 Å². The van der Waals surface area contributed by atoms with Crippen LogP contribution in [0.5, 0.6) is 0 Å². The van der Waals surface area contributed by atoms with E-state index in [0.29, 0.717) is 19.6 Å². The summed E-state index contributed by atoms with van der Waals surface area (Å²) in [7, 11) is 1.67. The highest BCUT2D eigenvalue weighted by Crippen LogP contribution is 2.04. The van der Waals surface area contributed by atoms with Crippen LogP contribution in [0.25, 0.3) is 0 Å². The van der Waals surface area contributed by atoms with Gasteiger partial charge in [-0.3, -0.25) is 4.99 Å². The summed E-state index contributed by atoms with van der Waals surface area (Å²) in [6.45, 7) is 6.08. The van der Waals surface area contributed by atoms with E-state index in [1.54, 1.807) is 19.2 Å². The van der Waals surface area contributed by atoms with Crippen molar-refractivity contribution >= 4 is 29.9 Å². The molecule has 0 aromatic heterocycles. The quantitative estimate of drug-likeness (QED) is 0.414. The van der Waals surface area contributed by atoms with Gasteiger partial charge in [-0.25, -0.2) is 4.39 Å². The Morgan fingerprint density at radius 2 is 2.19 bits per heavy atom. The fourth-order valence-electron chi connectivity index (χ4n) is 1.83. The number of nitrogens with zero attached hydrogens (tertiary/aromatic N) is 1. The van der Waals surface area contributed by atoms with Gasteiger partial charge in [0.25, 0.3) is 0 Å². The summed E-state index contributed by atoms with van der Waals surface area (Å²) in [4.78, 5) is 4.48. The van der Waals surface area contributed by atoms with Crippen LogP contribution in [-0.4, -0.2) is 38.8 Å². The zero-order valence-corrected chi connectivity index (χ0v) is 15.2. The first-order chi connectivity index (χ1) is 9.65. The predicted molar refractivity (Wildman–Crippen MR) is 96.0 cm³/mol. The first kappa shape index (κ1) is 20.1. The van der Waals surface area contributed by atoms with Crippen molar-refractivity contribution in [2.75, 3.05) is 26.8 Å². The van der Waals surface area contributed by atoms with Crippen LogP contribution in [-0.2, 0) is 11.2 Å². The first-order valence-electron chi connectivity index (χ1n) is 6.94. The Kier molecular flexibility index (Phi) is 11.2. The molecule has 0 bridgehead atoms. The van der Waals surface area contributed by atoms with Crippen molar-refractivity contribution in [3.05, 3.63) is 35.6 Å². The van der Waals surface area contributed by atoms with Crippen LogP contribution in [0.2, 0.25) is 0 Å². The van der Waals surface area contributed by atoms with E-state index in [4.69, 9.17) is 4.74 Å². The lowest BCUT2D eigenvalue weighted by Crippen LogP contribution is -2.44. The summed E-state index contributed by atoms with van der Waals surface area (Å²) >= 11 is 0. The molecule has 1 aromatic rings. The van der Waals surface area contributed by atoms with Crippen molar-refractivity contribution in [1.29, 1.82) is 0 Å². The molecule has 6 heteroatoms. The van der Waals surface area contributed by atoms with Gasteiger partial charge in [-0.05, 0) is 38.0 Å². The number of methoxy groups -OCH3 is 1. The third-order valence-corrected chi connectivity index (χ3v) is 2.70. The van der Waals surface area contributed by atoms with Crippen molar-refractivity contribution in [1.82, 2.24) is 10.6 Å². The van der Waals surface area contributed by atoms with Crippen molar-refractivity contribution in [3.63, 3.8) is 0 Å². The SMILES string of the molecule is CCNC(=NCCc1cccc(F)c1)NC(C)COC.I. The van der Waals surface area contributed by atoms with E-state index in [1.807, 2.05) is 19.9 Å². The maximum atomic E-state index is 13.1. The molecule has 0 heterocycles. The zero-order valence-electron chi connectivity index (χ0n) is 12.9. The average Bonchev–Trinajstić information content (AvgIpc) is 2.39. The van der Waals surface area contributed by atoms with Gasteiger partial charge in [0.1, 0.15) is 5.82 Å². The van der Waals surface area contributed by atoms with E-state index in [9.17, 15) is 4.39 Å². The van der Waals surface area contributed by atoms with E-state index >= 15 is 0 Å². The molecule has 1 atom stereocenters. The number of halogens is 2. The third-order valence-electron chi connectivity index (χ3n) is 2.70. The van der Waals surface area contributed by atoms with Crippen LogP contribution in [0.1, 0.15) is 19.4 Å². The van der Waals surface area contributed by atoms with Gasteiger partial charge in [-0.15, -0.1) is 24.0 Å². The number of aliphatic imine (C=N–C) groups is 1. The Bertz CT molecular complexity index is 429. The largest absolute Gasteiger partial charge is 0.383 e. The molecule has 1 unspecified atom stereocenters. The number of nitrogens with one attached hydrogen (secondary N) is 2. The summed E-state index contributed by atoms with van der Waals surface area (Å²) < 4.78 is 18.1.